The number of amides is 6. The van der Waals surface area contributed by atoms with E-state index in [2.05, 4.69) is 52.4 Å². The lowest BCUT2D eigenvalue weighted by molar-refractivity contribution is -0.113. The highest BCUT2D eigenvalue weighted by Gasteiger charge is 2.21. The summed E-state index contributed by atoms with van der Waals surface area (Å²) >= 11 is 0. The van der Waals surface area contributed by atoms with Crippen molar-refractivity contribution >= 4 is 102 Å². The monoisotopic (exact) mass is 1100 g/mol. The summed E-state index contributed by atoms with van der Waals surface area (Å²) in [7, 11) is -8.92. The predicted octanol–water partition coefficient (Wildman–Crippen LogP) is 10.2. The number of allylic oxidation sites excluding steroid dienone is 2. The van der Waals surface area contributed by atoms with Crippen LogP contribution < -0.4 is 31.9 Å². The van der Waals surface area contributed by atoms with Crippen molar-refractivity contribution in [3.63, 3.8) is 0 Å². The zero-order chi connectivity index (χ0) is 57.2. The first kappa shape index (κ1) is 57.1. The van der Waals surface area contributed by atoms with Crippen molar-refractivity contribution in [2.75, 3.05) is 31.9 Å². The SMILES string of the molecule is CC(O)=C(N=Nc1ccc(NC(=O)Nc2ccc(S(=O)(=O)O)cc2)cc1C(=O)O)C(=O)Nc1ccc(-c2ccc(NC(=O)C(N=Nc3ccc(NC(=O)Nc4ccc(S(=O)(=O)O)cc4)cc3C(=O)O)=C(C)O)c(C)c2)cc1C. The maximum atomic E-state index is 13.4. The molecule has 0 fully saturated rings. The molecule has 0 radical (unpaired) electrons. The van der Waals surface area contributed by atoms with Crippen molar-refractivity contribution in [1.29, 1.82) is 0 Å². The number of carbonyl (C=O) groups is 6. The number of rotatable bonds is 17. The van der Waals surface area contributed by atoms with E-state index in [1.807, 2.05) is 0 Å². The molecule has 26 nitrogen and oxygen atoms in total. The van der Waals surface area contributed by atoms with Crippen LogP contribution in [0.15, 0.2) is 174 Å². The van der Waals surface area contributed by atoms with Crippen LogP contribution >= 0.6 is 0 Å². The molecule has 0 saturated carbocycles. The molecule has 6 rings (SSSR count). The number of aliphatic hydroxyl groups is 2. The number of carboxylic acids is 2. The van der Waals surface area contributed by atoms with E-state index in [9.17, 15) is 66.0 Å². The first-order valence-corrected chi connectivity index (χ1v) is 25.1. The van der Waals surface area contributed by atoms with Gasteiger partial charge in [-0.2, -0.15) is 16.8 Å². The van der Waals surface area contributed by atoms with Crippen LogP contribution in [0.2, 0.25) is 0 Å². The first-order chi connectivity index (χ1) is 36.7. The summed E-state index contributed by atoms with van der Waals surface area (Å²) < 4.78 is 63.4. The topological polar surface area (TPSA) is 414 Å². The van der Waals surface area contributed by atoms with Gasteiger partial charge in [-0.25, -0.2) is 19.2 Å². The lowest BCUT2D eigenvalue weighted by atomic mass is 10.00. The summed E-state index contributed by atoms with van der Waals surface area (Å²) in [6.07, 6.45) is 0. The van der Waals surface area contributed by atoms with Crippen molar-refractivity contribution in [2.45, 2.75) is 37.5 Å². The largest absolute Gasteiger partial charge is 0.510 e. The minimum Gasteiger partial charge on any atom is -0.510 e. The molecule has 0 bridgehead atoms. The molecule has 0 atom stereocenters. The normalized spacial score (nSPS) is 12.2. The predicted molar refractivity (Wildman–Crippen MR) is 283 cm³/mol. The van der Waals surface area contributed by atoms with Gasteiger partial charge in [0.1, 0.15) is 22.9 Å². The molecule has 6 amide bonds. The third-order valence-corrected chi connectivity index (χ3v) is 12.4. The van der Waals surface area contributed by atoms with Crippen molar-refractivity contribution in [3.8, 4) is 11.1 Å². The molecular weight excluding hydrogens is 1060 g/mol. The fraction of sp³-hybridized carbons (Fsp3) is 0.0800. The molecule has 0 spiro atoms. The van der Waals surface area contributed by atoms with Gasteiger partial charge < -0.3 is 52.3 Å². The van der Waals surface area contributed by atoms with E-state index in [1.54, 1.807) is 50.2 Å². The summed E-state index contributed by atoms with van der Waals surface area (Å²) in [5, 5.41) is 71.0. The van der Waals surface area contributed by atoms with Crippen LogP contribution in [0.3, 0.4) is 0 Å². The van der Waals surface area contributed by atoms with Gasteiger partial charge in [-0.05, 0) is 159 Å². The average Bonchev–Trinajstić information content (AvgIpc) is 3.36. The van der Waals surface area contributed by atoms with Crippen LogP contribution in [0.5, 0.6) is 0 Å². The number of hydrogen-bond acceptors (Lipinski definition) is 16. The van der Waals surface area contributed by atoms with Crippen LogP contribution in [0.4, 0.5) is 55.1 Å². The van der Waals surface area contributed by atoms with E-state index >= 15 is 0 Å². The maximum absolute atomic E-state index is 13.4. The number of aromatic carboxylic acids is 2. The Morgan fingerprint density at radius 2 is 0.744 bits per heavy atom. The maximum Gasteiger partial charge on any atom is 0.338 e. The number of carboxylic acid groups (broad SMARTS) is 2. The molecule has 0 aromatic heterocycles. The first-order valence-electron chi connectivity index (χ1n) is 22.2. The highest BCUT2D eigenvalue weighted by atomic mass is 32.2. The fourth-order valence-corrected chi connectivity index (χ4v) is 7.81. The fourth-order valence-electron chi connectivity index (χ4n) is 6.85. The van der Waals surface area contributed by atoms with Gasteiger partial charge in [-0.1, -0.05) is 12.1 Å². The van der Waals surface area contributed by atoms with Gasteiger partial charge in [-0.3, -0.25) is 18.7 Å². The van der Waals surface area contributed by atoms with Crippen molar-refractivity contribution in [2.24, 2.45) is 20.5 Å². The lowest BCUT2D eigenvalue weighted by Crippen LogP contribution is -2.19. The summed E-state index contributed by atoms with van der Waals surface area (Å²) in [4.78, 5) is 75.5. The van der Waals surface area contributed by atoms with Gasteiger partial charge in [0.15, 0.2) is 11.4 Å². The second kappa shape index (κ2) is 24.0. The number of anilines is 6. The minimum absolute atomic E-state index is 0.00176. The Kier molecular flexibility index (Phi) is 17.6. The van der Waals surface area contributed by atoms with Crippen molar-refractivity contribution < 1.29 is 75.1 Å². The van der Waals surface area contributed by atoms with E-state index in [0.717, 1.165) is 36.4 Å². The highest BCUT2D eigenvalue weighted by molar-refractivity contribution is 7.86. The number of azo groups is 2. The summed E-state index contributed by atoms with van der Waals surface area (Å²) in [5.74, 6) is -5.88. The van der Waals surface area contributed by atoms with Gasteiger partial charge >= 0.3 is 24.0 Å². The standard InChI is InChI=1S/C50H44N10O16S2/c1-25-21-29(5-17-39(25)55-45(63)43(27(3)61)59-57-41-19-11-33(23-37(41)47(65)66)53-49(69)51-31-7-13-35(14-8-31)77(71,72)73)30-6-18-40(26(2)22-30)56-46(64)44(28(4)62)60-58-42-20-12-34(24-38(42)48(67)68)54-50(70)52-32-9-15-36(16-10-32)78(74,75)76/h5-24,61-62H,1-4H3,(H,55,63)(H,56,64)(H,65,66)(H,67,68)(H2,51,53,69)(H2,52,54,70)(H,71,72,73)(H,74,75,76). The number of nitrogens with one attached hydrogen (secondary N) is 6. The van der Waals surface area contributed by atoms with Crippen molar-refractivity contribution in [1.82, 2.24) is 0 Å². The summed E-state index contributed by atoms with van der Waals surface area (Å²) in [6, 6.07) is 24.5. The van der Waals surface area contributed by atoms with Crippen molar-refractivity contribution in [3.05, 3.63) is 166 Å². The molecule has 6 aromatic carbocycles. The Bertz CT molecular complexity index is 3530. The zero-order valence-corrected chi connectivity index (χ0v) is 42.6. The number of carbonyl (C=O) groups excluding carboxylic acids is 4. The molecule has 28 heteroatoms. The molecule has 12 N–H and O–H groups in total. The molecule has 0 saturated heterocycles. The van der Waals surface area contributed by atoms with Crippen LogP contribution in [0, 0.1) is 13.8 Å². The second-order valence-corrected chi connectivity index (χ2v) is 19.3. The van der Waals surface area contributed by atoms with E-state index in [0.29, 0.717) is 33.6 Å². The number of aryl methyl sites for hydroxylation is 2. The third kappa shape index (κ3) is 15.0. The van der Waals surface area contributed by atoms with E-state index in [-0.39, 0.29) is 34.1 Å². The van der Waals surface area contributed by atoms with Crippen LogP contribution in [0.25, 0.3) is 11.1 Å². The van der Waals surface area contributed by atoms with E-state index in [4.69, 9.17) is 9.11 Å². The summed E-state index contributed by atoms with van der Waals surface area (Å²) in [5.41, 5.74) is 0.861. The van der Waals surface area contributed by atoms with Gasteiger partial charge in [-0.15, -0.1) is 20.5 Å². The zero-order valence-electron chi connectivity index (χ0n) is 40.9. The molecule has 6 aromatic rings. The summed E-state index contributed by atoms with van der Waals surface area (Å²) in [6.45, 7) is 5.71. The number of benzene rings is 6. The molecular formula is C50H44N10O16S2. The smallest absolute Gasteiger partial charge is 0.338 e. The Labute approximate surface area is 442 Å². The molecule has 0 aliphatic rings. The van der Waals surface area contributed by atoms with Crippen LogP contribution in [-0.2, 0) is 29.8 Å². The second-order valence-electron chi connectivity index (χ2n) is 16.5. The molecule has 0 unspecified atom stereocenters. The molecule has 0 aliphatic heterocycles. The molecule has 0 aliphatic carbocycles. The number of urea groups is 2. The Balaban J connectivity index is 1.08. The number of nitrogens with zero attached hydrogens (tertiary/aromatic N) is 4. The molecule has 78 heavy (non-hydrogen) atoms. The van der Waals surface area contributed by atoms with Crippen LogP contribution in [-0.4, -0.2) is 82.2 Å². The van der Waals surface area contributed by atoms with Gasteiger partial charge in [0, 0.05) is 34.1 Å². The van der Waals surface area contributed by atoms with Crippen LogP contribution in [0.1, 0.15) is 45.7 Å². The highest BCUT2D eigenvalue weighted by Crippen LogP contribution is 2.31. The Morgan fingerprint density at radius 3 is 1.04 bits per heavy atom. The third-order valence-electron chi connectivity index (χ3n) is 10.7. The molecule has 402 valence electrons. The van der Waals surface area contributed by atoms with Gasteiger partial charge in [0.05, 0.1) is 20.9 Å². The van der Waals surface area contributed by atoms with E-state index < -0.39 is 99.9 Å². The molecule has 0 heterocycles. The minimum atomic E-state index is -4.46. The average molecular weight is 1110 g/mol. The number of aliphatic hydroxyl groups excluding tert-OH is 2. The van der Waals surface area contributed by atoms with Gasteiger partial charge in [0.2, 0.25) is 0 Å². The van der Waals surface area contributed by atoms with E-state index in [1.165, 1.54) is 62.4 Å². The quantitative estimate of drug-likeness (QED) is 0.0175. The number of hydrogen-bond donors (Lipinski definition) is 12. The Morgan fingerprint density at radius 1 is 0.423 bits per heavy atom. The van der Waals surface area contributed by atoms with Gasteiger partial charge in [0.25, 0.3) is 32.1 Å². The lowest BCUT2D eigenvalue weighted by Gasteiger charge is -2.13. The Hall–Kier alpha value is -10.2.